The predicted octanol–water partition coefficient (Wildman–Crippen LogP) is 1.27. The van der Waals surface area contributed by atoms with Gasteiger partial charge in [0.2, 0.25) is 0 Å². The molecule has 0 saturated heterocycles. The Balaban J connectivity index is 2.59. The van der Waals surface area contributed by atoms with Gasteiger partial charge in [-0.2, -0.15) is 0 Å². The topological polar surface area (TPSA) is 53.7 Å². The fourth-order valence-electron chi connectivity index (χ4n) is 1.69. The Morgan fingerprint density at radius 3 is 2.93 bits per heavy atom. The molecular formula is C11H10N2O2. The van der Waals surface area contributed by atoms with Crippen LogP contribution in [0, 0.1) is 6.57 Å². The number of aliphatic hydroxyl groups is 1. The molecule has 1 amide bonds. The first-order chi connectivity index (χ1) is 7.11. The zero-order chi connectivity index (χ0) is 11.1. The van der Waals surface area contributed by atoms with Crippen LogP contribution in [0.1, 0.15) is 18.1 Å². The average molecular weight is 202 g/mol. The van der Waals surface area contributed by atoms with Gasteiger partial charge in [0.15, 0.2) is 0 Å². The number of carbonyl (C=O) groups is 1. The number of rotatable bonds is 1. The normalized spacial score (nSPS) is 23.1. The summed E-state index contributed by atoms with van der Waals surface area (Å²) in [5.41, 5.74) is 0.914. The third kappa shape index (κ3) is 1.21. The molecule has 1 aromatic rings. The molecule has 0 spiro atoms. The lowest BCUT2D eigenvalue weighted by molar-refractivity contribution is -0.118. The van der Waals surface area contributed by atoms with E-state index < -0.39 is 5.54 Å². The molecule has 1 unspecified atom stereocenters. The van der Waals surface area contributed by atoms with Crippen molar-refractivity contribution in [2.45, 2.75) is 19.1 Å². The Morgan fingerprint density at radius 1 is 1.60 bits per heavy atom. The molecule has 1 aliphatic rings. The van der Waals surface area contributed by atoms with Crippen LogP contribution in [-0.2, 0) is 16.9 Å². The van der Waals surface area contributed by atoms with Gasteiger partial charge in [-0.1, -0.05) is 6.07 Å². The highest BCUT2D eigenvalue weighted by molar-refractivity contribution is 6.06. The van der Waals surface area contributed by atoms with Gasteiger partial charge in [-0.25, -0.2) is 6.57 Å². The number of carbonyl (C=O) groups excluding carboxylic acids is 1. The van der Waals surface area contributed by atoms with Crippen molar-refractivity contribution in [1.29, 1.82) is 0 Å². The molecule has 15 heavy (non-hydrogen) atoms. The maximum absolute atomic E-state index is 11.6. The van der Waals surface area contributed by atoms with E-state index in [4.69, 9.17) is 11.7 Å². The quantitative estimate of drug-likeness (QED) is 0.674. The van der Waals surface area contributed by atoms with Crippen LogP contribution < -0.4 is 5.32 Å². The summed E-state index contributed by atoms with van der Waals surface area (Å²) in [4.78, 5) is 15.0. The summed E-state index contributed by atoms with van der Waals surface area (Å²) in [6.07, 6.45) is 0. The molecule has 0 bridgehead atoms. The molecule has 2 rings (SSSR count). The summed E-state index contributed by atoms with van der Waals surface area (Å²) in [5, 5.41) is 11.6. The Hall–Kier alpha value is -1.86. The number of fused-ring (bicyclic) bond motifs is 1. The first-order valence-corrected chi connectivity index (χ1v) is 4.56. The largest absolute Gasteiger partial charge is 0.392 e. The summed E-state index contributed by atoms with van der Waals surface area (Å²) in [7, 11) is 0. The second-order valence-electron chi connectivity index (χ2n) is 3.68. The monoisotopic (exact) mass is 202 g/mol. The van der Waals surface area contributed by atoms with Gasteiger partial charge in [-0.15, -0.1) is 0 Å². The van der Waals surface area contributed by atoms with Gasteiger partial charge in [0.25, 0.3) is 0 Å². The highest BCUT2D eigenvalue weighted by Gasteiger charge is 2.49. The molecule has 4 nitrogen and oxygen atoms in total. The van der Waals surface area contributed by atoms with E-state index in [1.54, 1.807) is 25.1 Å². The molecule has 1 atom stereocenters. The van der Waals surface area contributed by atoms with Gasteiger partial charge in [-0.3, -0.25) is 9.64 Å². The number of hydrogen-bond acceptors (Lipinski definition) is 2. The molecule has 1 aliphatic heterocycles. The fourth-order valence-corrected chi connectivity index (χ4v) is 1.69. The molecule has 0 aliphatic carbocycles. The standard InChI is InChI=1S/C11H10N2O2/c1-11(12-2)8-4-3-7(6-14)5-9(8)13-10(11)15/h3-5,14H,6H2,1H3,(H,13,15). The van der Waals surface area contributed by atoms with Crippen LogP contribution in [0.3, 0.4) is 0 Å². The maximum atomic E-state index is 11.6. The van der Waals surface area contributed by atoms with E-state index in [2.05, 4.69) is 10.2 Å². The molecule has 76 valence electrons. The minimum Gasteiger partial charge on any atom is -0.392 e. The lowest BCUT2D eigenvalue weighted by Crippen LogP contribution is -2.26. The molecule has 0 radical (unpaired) electrons. The summed E-state index contributed by atoms with van der Waals surface area (Å²) < 4.78 is 0. The van der Waals surface area contributed by atoms with E-state index in [-0.39, 0.29) is 12.5 Å². The Bertz CT molecular complexity index is 476. The molecule has 1 heterocycles. The number of amides is 1. The highest BCUT2D eigenvalue weighted by Crippen LogP contribution is 2.39. The minimum absolute atomic E-state index is 0.0715. The third-order valence-corrected chi connectivity index (χ3v) is 2.70. The van der Waals surface area contributed by atoms with E-state index in [0.717, 1.165) is 5.56 Å². The number of aliphatic hydroxyl groups excluding tert-OH is 1. The number of hydrogen-bond donors (Lipinski definition) is 2. The number of anilines is 1. The van der Waals surface area contributed by atoms with Gasteiger partial charge >= 0.3 is 11.4 Å². The van der Waals surface area contributed by atoms with Crippen molar-refractivity contribution in [3.8, 4) is 0 Å². The smallest absolute Gasteiger partial charge is 0.333 e. The Morgan fingerprint density at radius 2 is 2.33 bits per heavy atom. The van der Waals surface area contributed by atoms with Crippen molar-refractivity contribution in [3.63, 3.8) is 0 Å². The van der Waals surface area contributed by atoms with Crippen molar-refractivity contribution in [2.75, 3.05) is 5.32 Å². The van der Waals surface area contributed by atoms with Crippen LogP contribution in [0.15, 0.2) is 18.2 Å². The van der Waals surface area contributed by atoms with Crippen LogP contribution in [0.4, 0.5) is 5.69 Å². The zero-order valence-corrected chi connectivity index (χ0v) is 8.24. The first kappa shape index (κ1) is 9.69. The minimum atomic E-state index is -1.12. The van der Waals surface area contributed by atoms with Crippen LogP contribution in [0.25, 0.3) is 4.85 Å². The van der Waals surface area contributed by atoms with E-state index in [0.29, 0.717) is 11.3 Å². The van der Waals surface area contributed by atoms with E-state index >= 15 is 0 Å². The van der Waals surface area contributed by atoms with Crippen LogP contribution in [0.2, 0.25) is 0 Å². The number of nitrogens with one attached hydrogen (secondary N) is 1. The highest BCUT2D eigenvalue weighted by atomic mass is 16.3. The summed E-state index contributed by atoms with van der Waals surface area (Å²) >= 11 is 0. The number of benzene rings is 1. The summed E-state index contributed by atoms with van der Waals surface area (Å²) in [5.74, 6) is -0.303. The average Bonchev–Trinajstić information content (AvgIpc) is 2.51. The van der Waals surface area contributed by atoms with Crippen molar-refractivity contribution < 1.29 is 9.90 Å². The zero-order valence-electron chi connectivity index (χ0n) is 8.24. The van der Waals surface area contributed by atoms with Crippen LogP contribution in [-0.4, -0.2) is 11.0 Å². The van der Waals surface area contributed by atoms with Gasteiger partial charge in [-0.05, 0) is 17.7 Å². The van der Waals surface area contributed by atoms with Crippen molar-refractivity contribution >= 4 is 11.6 Å². The van der Waals surface area contributed by atoms with E-state index in [1.165, 1.54) is 0 Å². The van der Waals surface area contributed by atoms with Gasteiger partial charge in [0.05, 0.1) is 17.9 Å². The number of nitrogens with zero attached hydrogens (tertiary/aromatic N) is 1. The van der Waals surface area contributed by atoms with Crippen LogP contribution >= 0.6 is 0 Å². The summed E-state index contributed by atoms with van der Waals surface area (Å²) in [6.45, 7) is 8.60. The second-order valence-corrected chi connectivity index (χ2v) is 3.68. The van der Waals surface area contributed by atoms with Gasteiger partial charge in [0.1, 0.15) is 0 Å². The van der Waals surface area contributed by atoms with E-state index in [9.17, 15) is 4.79 Å². The van der Waals surface area contributed by atoms with Crippen LogP contribution in [0.5, 0.6) is 0 Å². The van der Waals surface area contributed by atoms with Gasteiger partial charge in [0, 0.05) is 6.92 Å². The van der Waals surface area contributed by atoms with Crippen molar-refractivity contribution in [1.82, 2.24) is 0 Å². The predicted molar refractivity (Wildman–Crippen MR) is 54.9 cm³/mol. The molecule has 4 heteroatoms. The Labute approximate surface area is 87.4 Å². The third-order valence-electron chi connectivity index (χ3n) is 2.70. The van der Waals surface area contributed by atoms with Crippen molar-refractivity contribution in [3.05, 3.63) is 40.7 Å². The lowest BCUT2D eigenvalue weighted by Gasteiger charge is -2.07. The first-order valence-electron chi connectivity index (χ1n) is 4.56. The SMILES string of the molecule is [C-]#[N+]C1(C)C(=O)Nc2cc(CO)ccc21. The molecular weight excluding hydrogens is 192 g/mol. The molecule has 1 aromatic carbocycles. The maximum Gasteiger partial charge on any atom is 0.333 e. The lowest BCUT2D eigenvalue weighted by atomic mass is 9.94. The fraction of sp³-hybridized carbons (Fsp3) is 0.273. The second kappa shape index (κ2) is 3.07. The summed E-state index contributed by atoms with van der Waals surface area (Å²) in [6, 6.07) is 5.14. The molecule has 2 N–H and O–H groups in total. The van der Waals surface area contributed by atoms with Gasteiger partial charge < -0.3 is 10.4 Å². The molecule has 0 fully saturated rings. The molecule has 0 aromatic heterocycles. The molecule has 0 saturated carbocycles. The van der Waals surface area contributed by atoms with E-state index in [1.807, 2.05) is 0 Å². The van der Waals surface area contributed by atoms with Crippen molar-refractivity contribution in [2.24, 2.45) is 0 Å². The Kier molecular flexibility index (Phi) is 1.98.